The molecule has 0 radical (unpaired) electrons. The summed E-state index contributed by atoms with van der Waals surface area (Å²) in [5.74, 6) is -1.62. The Morgan fingerprint density at radius 3 is 2.11 bits per heavy atom. The number of methoxy groups -OCH3 is 2. The molecule has 0 bridgehead atoms. The summed E-state index contributed by atoms with van der Waals surface area (Å²) in [5.41, 5.74) is 0.681. The fourth-order valence-electron chi connectivity index (χ4n) is 2.79. The number of phenols is 1. The van der Waals surface area contributed by atoms with Crippen LogP contribution in [0.15, 0.2) is 48.3 Å². The van der Waals surface area contributed by atoms with Crippen molar-refractivity contribution >= 4 is 29.6 Å². The smallest absolute Gasteiger partial charge is 0.300 e. The van der Waals surface area contributed by atoms with Crippen molar-refractivity contribution in [2.75, 3.05) is 14.2 Å². The van der Waals surface area contributed by atoms with Crippen molar-refractivity contribution in [2.45, 2.75) is 39.2 Å². The van der Waals surface area contributed by atoms with E-state index < -0.39 is 11.9 Å². The van der Waals surface area contributed by atoms with E-state index in [0.717, 1.165) is 13.8 Å². The first-order chi connectivity index (χ1) is 16.4. The molecule has 192 valence electrons. The highest BCUT2D eigenvalue weighted by Crippen LogP contribution is 2.27. The van der Waals surface area contributed by atoms with Gasteiger partial charge in [-0.2, -0.15) is 0 Å². The molecule has 1 aliphatic rings. The zero-order chi connectivity index (χ0) is 27.0. The van der Waals surface area contributed by atoms with E-state index in [2.05, 4.69) is 0 Å². The third-order valence-electron chi connectivity index (χ3n) is 4.33. The second-order valence-electron chi connectivity index (χ2n) is 7.36. The number of ketones is 2. The van der Waals surface area contributed by atoms with Gasteiger partial charge in [-0.25, -0.2) is 0 Å². The van der Waals surface area contributed by atoms with E-state index in [-0.39, 0.29) is 41.5 Å². The Morgan fingerprint density at radius 1 is 1.00 bits per heavy atom. The van der Waals surface area contributed by atoms with Gasteiger partial charge < -0.3 is 29.9 Å². The lowest BCUT2D eigenvalue weighted by Gasteiger charge is -2.23. The van der Waals surface area contributed by atoms with Crippen LogP contribution in [0, 0.1) is 5.92 Å². The van der Waals surface area contributed by atoms with Crippen molar-refractivity contribution in [3.05, 3.63) is 53.8 Å². The van der Waals surface area contributed by atoms with E-state index in [0.29, 0.717) is 24.2 Å². The van der Waals surface area contributed by atoms with Crippen molar-refractivity contribution in [1.29, 1.82) is 0 Å². The Labute approximate surface area is 203 Å². The van der Waals surface area contributed by atoms with Crippen LogP contribution in [0.2, 0.25) is 0 Å². The van der Waals surface area contributed by atoms with Gasteiger partial charge in [0.25, 0.3) is 11.9 Å². The maximum atomic E-state index is 12.0. The molecule has 0 aromatic heterocycles. The molecule has 1 aliphatic carbocycles. The van der Waals surface area contributed by atoms with Crippen LogP contribution < -0.4 is 4.74 Å². The van der Waals surface area contributed by atoms with Gasteiger partial charge in [-0.1, -0.05) is 18.2 Å². The first-order valence-electron chi connectivity index (χ1n) is 10.5. The summed E-state index contributed by atoms with van der Waals surface area (Å²) in [5, 5.41) is 34.0. The zero-order valence-corrected chi connectivity index (χ0v) is 20.1. The highest BCUT2D eigenvalue weighted by atomic mass is 16.5. The summed E-state index contributed by atoms with van der Waals surface area (Å²) in [6.07, 6.45) is 8.43. The molecular formula is C25H32O10. The van der Waals surface area contributed by atoms with E-state index >= 15 is 0 Å². The van der Waals surface area contributed by atoms with Gasteiger partial charge in [0.15, 0.2) is 23.1 Å². The summed E-state index contributed by atoms with van der Waals surface area (Å²) in [4.78, 5) is 41.9. The number of rotatable bonds is 8. The van der Waals surface area contributed by atoms with Crippen LogP contribution >= 0.6 is 0 Å². The van der Waals surface area contributed by atoms with Crippen LogP contribution in [0.1, 0.15) is 38.7 Å². The lowest BCUT2D eigenvalue weighted by molar-refractivity contribution is -0.135. The van der Waals surface area contributed by atoms with Crippen molar-refractivity contribution < 1.29 is 49.1 Å². The molecule has 2 rings (SSSR count). The van der Waals surface area contributed by atoms with Crippen LogP contribution in [-0.4, -0.2) is 64.3 Å². The Morgan fingerprint density at radius 2 is 1.57 bits per heavy atom. The average Bonchev–Trinajstić information content (AvgIpc) is 2.77. The molecule has 1 aromatic carbocycles. The van der Waals surface area contributed by atoms with Crippen LogP contribution in [0.4, 0.5) is 0 Å². The largest absolute Gasteiger partial charge is 0.510 e. The molecule has 0 heterocycles. The highest BCUT2D eigenvalue weighted by Gasteiger charge is 2.22. The Balaban J connectivity index is 0.00000126. The van der Waals surface area contributed by atoms with Crippen LogP contribution in [-0.2, 0) is 23.9 Å². The monoisotopic (exact) mass is 492 g/mol. The molecule has 0 aliphatic heterocycles. The van der Waals surface area contributed by atoms with E-state index in [9.17, 15) is 19.8 Å². The number of benzene rings is 1. The zero-order valence-electron chi connectivity index (χ0n) is 20.1. The van der Waals surface area contributed by atoms with Gasteiger partial charge >= 0.3 is 0 Å². The summed E-state index contributed by atoms with van der Waals surface area (Å²) >= 11 is 0. The maximum Gasteiger partial charge on any atom is 0.300 e. The van der Waals surface area contributed by atoms with Crippen molar-refractivity contribution in [3.63, 3.8) is 0 Å². The van der Waals surface area contributed by atoms with Gasteiger partial charge in [0.2, 0.25) is 0 Å². The molecule has 0 saturated carbocycles. The number of aliphatic hydroxyl groups excluding tert-OH is 1. The van der Waals surface area contributed by atoms with Crippen LogP contribution in [0.25, 0.3) is 6.08 Å². The second-order valence-corrected chi connectivity index (χ2v) is 7.36. The summed E-state index contributed by atoms with van der Waals surface area (Å²) in [7, 11) is 2.97. The SMILES string of the molecule is CC(=O)O.CC(=O)O.COc1cc(C=CC(=O)CC(=O)C=CC2CC=C(O)C(OC)C2)ccc1O. The standard InChI is InChI=1S/C21H24O6.2C2H4O2/c1-26-20-11-14(5-9-18(20)24)3-7-16(22)13-17(23)8-4-15-6-10-19(25)21(12-15)27-2;2*1-2(3)4/h3-5,7-11,15,21,24-25H,6,12-13H2,1-2H3;2*1H3,(H,3,4). The van der Waals surface area contributed by atoms with Gasteiger partial charge in [-0.15, -0.1) is 0 Å². The van der Waals surface area contributed by atoms with Gasteiger partial charge in [0.1, 0.15) is 11.9 Å². The molecule has 10 nitrogen and oxygen atoms in total. The number of hydrogen-bond acceptors (Lipinski definition) is 8. The molecule has 1 aromatic rings. The Bertz CT molecular complexity index is 939. The van der Waals surface area contributed by atoms with Crippen LogP contribution in [0.5, 0.6) is 11.5 Å². The molecular weight excluding hydrogens is 460 g/mol. The molecule has 2 atom stereocenters. The predicted molar refractivity (Wildman–Crippen MR) is 128 cm³/mol. The molecule has 35 heavy (non-hydrogen) atoms. The number of allylic oxidation sites excluding steroid dienone is 4. The third-order valence-corrected chi connectivity index (χ3v) is 4.33. The third kappa shape index (κ3) is 14.8. The number of carboxylic acid groups (broad SMARTS) is 2. The van der Waals surface area contributed by atoms with Crippen molar-refractivity contribution in [3.8, 4) is 11.5 Å². The number of aliphatic hydroxyl groups is 1. The van der Waals surface area contributed by atoms with Gasteiger partial charge in [-0.3, -0.25) is 19.2 Å². The number of hydrogen-bond donors (Lipinski definition) is 4. The average molecular weight is 493 g/mol. The van der Waals surface area contributed by atoms with E-state index in [1.54, 1.807) is 30.4 Å². The normalized spacial score (nSPS) is 16.9. The first-order valence-corrected chi connectivity index (χ1v) is 10.5. The second kappa shape index (κ2) is 16.7. The van der Waals surface area contributed by atoms with Gasteiger partial charge in [0, 0.05) is 21.0 Å². The Hall–Kier alpha value is -3.92. The van der Waals surface area contributed by atoms with E-state index in [1.807, 2.05) is 0 Å². The van der Waals surface area contributed by atoms with Crippen molar-refractivity contribution in [2.24, 2.45) is 5.92 Å². The minimum absolute atomic E-state index is 0.0166. The number of aromatic hydroxyl groups is 1. The topological polar surface area (TPSA) is 168 Å². The minimum Gasteiger partial charge on any atom is -0.510 e. The minimum atomic E-state index is -0.833. The number of phenolic OH excluding ortho intramolecular Hbond substituents is 1. The summed E-state index contributed by atoms with van der Waals surface area (Å²) in [6, 6.07) is 4.71. The Kier molecular flexibility index (Phi) is 14.8. The molecule has 2 unspecified atom stereocenters. The lowest BCUT2D eigenvalue weighted by atomic mass is 9.90. The molecule has 0 amide bonds. The number of carbonyl (C=O) groups excluding carboxylic acids is 2. The van der Waals surface area contributed by atoms with E-state index in [4.69, 9.17) is 29.3 Å². The molecule has 0 fully saturated rings. The molecule has 0 saturated heterocycles. The number of ether oxygens (including phenoxy) is 2. The quantitative estimate of drug-likeness (QED) is 0.311. The maximum absolute atomic E-state index is 12.0. The molecule has 4 N–H and O–H groups in total. The van der Waals surface area contributed by atoms with Gasteiger partial charge in [0.05, 0.1) is 13.5 Å². The van der Waals surface area contributed by atoms with E-state index in [1.165, 1.54) is 32.4 Å². The van der Waals surface area contributed by atoms with Crippen LogP contribution in [0.3, 0.4) is 0 Å². The highest BCUT2D eigenvalue weighted by molar-refractivity contribution is 6.09. The summed E-state index contributed by atoms with van der Waals surface area (Å²) in [6.45, 7) is 2.17. The fraction of sp³-hybridized carbons (Fsp3) is 0.360. The summed E-state index contributed by atoms with van der Waals surface area (Å²) < 4.78 is 10.2. The van der Waals surface area contributed by atoms with Gasteiger partial charge in [-0.05, 0) is 54.7 Å². The number of aliphatic carboxylic acids is 2. The van der Waals surface area contributed by atoms with Crippen molar-refractivity contribution in [1.82, 2.24) is 0 Å². The lowest BCUT2D eigenvalue weighted by Crippen LogP contribution is -2.21. The fourth-order valence-corrected chi connectivity index (χ4v) is 2.79. The molecule has 0 spiro atoms. The number of carbonyl (C=O) groups is 4. The first kappa shape index (κ1) is 31.1. The number of carboxylic acids is 2. The predicted octanol–water partition coefficient (Wildman–Crippen LogP) is 3.55. The molecule has 10 heteroatoms.